The minimum atomic E-state index is 0.303. The van der Waals surface area contributed by atoms with Crippen LogP contribution in [0.2, 0.25) is 0 Å². The molecule has 0 aromatic heterocycles. The number of hydrogen-bond acceptors (Lipinski definition) is 5. The number of methoxy groups -OCH3 is 1. The molecule has 0 bridgehead atoms. The maximum Gasteiger partial charge on any atom is 0.168 e. The van der Waals surface area contributed by atoms with Gasteiger partial charge in [0.15, 0.2) is 5.17 Å². The highest BCUT2D eigenvalue weighted by atomic mass is 32.2. The lowest BCUT2D eigenvalue weighted by molar-refractivity contribution is 0.414. The number of aliphatic imine (C=N–C) groups is 1. The second-order valence-corrected chi connectivity index (χ2v) is 6.70. The lowest BCUT2D eigenvalue weighted by Gasteiger charge is -2.26. The van der Waals surface area contributed by atoms with E-state index in [1.165, 1.54) is 16.8 Å². The van der Waals surface area contributed by atoms with Gasteiger partial charge in [0.25, 0.3) is 0 Å². The lowest BCUT2D eigenvalue weighted by atomic mass is 10.0. The van der Waals surface area contributed by atoms with E-state index >= 15 is 0 Å². The molecule has 0 radical (unpaired) electrons. The molecule has 0 saturated carbocycles. The van der Waals surface area contributed by atoms with E-state index in [1.807, 2.05) is 24.3 Å². The fourth-order valence-corrected chi connectivity index (χ4v) is 4.06. The average Bonchev–Trinajstić information content (AvgIpc) is 3.20. The smallest absolute Gasteiger partial charge is 0.168 e. The van der Waals surface area contributed by atoms with Crippen LogP contribution in [-0.4, -0.2) is 34.9 Å². The second kappa shape index (κ2) is 6.24. The molecule has 4 rings (SSSR count). The largest absolute Gasteiger partial charge is 0.508 e. The fraction of sp³-hybridized carbons (Fsp3) is 0.211. The number of aromatic hydroxyl groups is 1. The third-order valence-corrected chi connectivity index (χ3v) is 5.22. The van der Waals surface area contributed by atoms with Crippen LogP contribution in [0.5, 0.6) is 11.5 Å². The molecule has 0 unspecified atom stereocenters. The van der Waals surface area contributed by atoms with E-state index in [2.05, 4.69) is 27.4 Å². The quantitative estimate of drug-likeness (QED) is 0.923. The average molecular weight is 338 g/mol. The van der Waals surface area contributed by atoms with E-state index in [-0.39, 0.29) is 0 Å². The Bertz CT molecular complexity index is 797. The number of nitrogens with zero attached hydrogens (tertiary/aromatic N) is 2. The van der Waals surface area contributed by atoms with Crippen molar-refractivity contribution in [3.63, 3.8) is 0 Å². The summed E-state index contributed by atoms with van der Waals surface area (Å²) in [4.78, 5) is 7.01. The number of ether oxygens (including phenoxy) is 1. The molecule has 0 spiro atoms. The van der Waals surface area contributed by atoms with Crippen molar-refractivity contribution in [3.05, 3.63) is 65.1 Å². The van der Waals surface area contributed by atoms with Gasteiger partial charge in [0.05, 0.1) is 25.4 Å². The zero-order valence-electron chi connectivity index (χ0n) is 13.3. The summed E-state index contributed by atoms with van der Waals surface area (Å²) in [7, 11) is 1.68. The van der Waals surface area contributed by atoms with Gasteiger partial charge in [0, 0.05) is 5.41 Å². The van der Waals surface area contributed by atoms with E-state index in [4.69, 9.17) is 4.74 Å². The van der Waals surface area contributed by atoms with Gasteiger partial charge in [0.1, 0.15) is 11.5 Å². The first-order valence-electron chi connectivity index (χ1n) is 7.87. The molecule has 1 N–H and O–H groups in total. The van der Waals surface area contributed by atoms with Crippen LogP contribution >= 0.6 is 11.8 Å². The highest BCUT2D eigenvalue weighted by Crippen LogP contribution is 2.39. The van der Waals surface area contributed by atoms with Gasteiger partial charge < -0.3 is 14.7 Å². The first kappa shape index (κ1) is 15.1. The normalized spacial score (nSPS) is 19.0. The van der Waals surface area contributed by atoms with Gasteiger partial charge in [-0.1, -0.05) is 23.9 Å². The van der Waals surface area contributed by atoms with Gasteiger partial charge in [-0.05, 0) is 53.9 Å². The van der Waals surface area contributed by atoms with Crippen LogP contribution in [0.3, 0.4) is 0 Å². The zero-order chi connectivity index (χ0) is 16.5. The first-order chi connectivity index (χ1) is 11.7. The number of amidine groups is 1. The van der Waals surface area contributed by atoms with Crippen LogP contribution in [0.1, 0.15) is 11.1 Å². The Kier molecular flexibility index (Phi) is 3.94. The van der Waals surface area contributed by atoms with Crippen molar-refractivity contribution in [3.8, 4) is 11.5 Å². The van der Waals surface area contributed by atoms with Gasteiger partial charge in [-0.3, -0.25) is 4.99 Å². The van der Waals surface area contributed by atoms with Crippen LogP contribution in [-0.2, 0) is 6.42 Å². The molecule has 2 aromatic carbocycles. The van der Waals surface area contributed by atoms with E-state index < -0.39 is 0 Å². The standard InChI is InChI=1S/C19H18N2O2S/c1-23-17-8-4-14(5-9-17)18-12-24-19-20-11-15(21(18)19)10-13-2-6-16(22)7-3-13/h2-9,12,15,22H,10-11H2,1H3/t15-/m1/s1. The number of phenols is 1. The summed E-state index contributed by atoms with van der Waals surface area (Å²) in [5.74, 6) is 1.17. The summed E-state index contributed by atoms with van der Waals surface area (Å²) in [6, 6.07) is 15.9. The first-order valence-corrected chi connectivity index (χ1v) is 8.75. The van der Waals surface area contributed by atoms with Crippen LogP contribution in [0, 0.1) is 0 Å². The summed E-state index contributed by atoms with van der Waals surface area (Å²) < 4.78 is 5.25. The molecule has 1 atom stereocenters. The molecule has 2 aliphatic rings. The van der Waals surface area contributed by atoms with Gasteiger partial charge in [-0.25, -0.2) is 0 Å². The van der Waals surface area contributed by atoms with Gasteiger partial charge in [-0.2, -0.15) is 0 Å². The monoisotopic (exact) mass is 338 g/mol. The maximum absolute atomic E-state index is 9.45. The fourth-order valence-electron chi connectivity index (χ4n) is 3.09. The molecule has 2 heterocycles. The summed E-state index contributed by atoms with van der Waals surface area (Å²) >= 11 is 1.69. The van der Waals surface area contributed by atoms with Gasteiger partial charge in [0.2, 0.25) is 0 Å². The molecule has 2 aromatic rings. The van der Waals surface area contributed by atoms with Crippen molar-refractivity contribution < 1.29 is 9.84 Å². The Labute approximate surface area is 145 Å². The third-order valence-electron chi connectivity index (χ3n) is 4.34. The van der Waals surface area contributed by atoms with E-state index in [0.29, 0.717) is 11.8 Å². The summed E-state index contributed by atoms with van der Waals surface area (Å²) in [6.45, 7) is 0.802. The molecule has 5 heteroatoms. The van der Waals surface area contributed by atoms with Crippen molar-refractivity contribution in [2.24, 2.45) is 4.99 Å². The highest BCUT2D eigenvalue weighted by molar-refractivity contribution is 8.16. The summed E-state index contributed by atoms with van der Waals surface area (Å²) in [5, 5.41) is 12.7. The predicted molar refractivity (Wildman–Crippen MR) is 98.3 cm³/mol. The third kappa shape index (κ3) is 2.76. The van der Waals surface area contributed by atoms with Gasteiger partial charge in [-0.15, -0.1) is 0 Å². The molecular weight excluding hydrogens is 320 g/mol. The second-order valence-electron chi connectivity index (χ2n) is 5.87. The Hall–Kier alpha value is -2.40. The van der Waals surface area contributed by atoms with Crippen LogP contribution in [0.15, 0.2) is 58.9 Å². The number of thioether (sulfide) groups is 1. The van der Waals surface area contributed by atoms with E-state index in [0.717, 1.165) is 23.9 Å². The minimum absolute atomic E-state index is 0.303. The predicted octanol–water partition coefficient (Wildman–Crippen LogP) is 3.73. The van der Waals surface area contributed by atoms with Crippen molar-refractivity contribution in [2.75, 3.05) is 13.7 Å². The Balaban J connectivity index is 1.56. The summed E-state index contributed by atoms with van der Waals surface area (Å²) in [6.07, 6.45) is 0.904. The SMILES string of the molecule is COc1ccc(C2=CSC3=NC[C@@H](Cc4ccc(O)cc4)N23)cc1. The summed E-state index contributed by atoms with van der Waals surface area (Å²) in [5.41, 5.74) is 3.58. The molecule has 4 nitrogen and oxygen atoms in total. The molecule has 0 fully saturated rings. The Morgan fingerprint density at radius 3 is 2.62 bits per heavy atom. The zero-order valence-corrected chi connectivity index (χ0v) is 14.2. The Morgan fingerprint density at radius 1 is 1.17 bits per heavy atom. The lowest BCUT2D eigenvalue weighted by Crippen LogP contribution is -2.33. The van der Waals surface area contributed by atoms with Crippen molar-refractivity contribution in [2.45, 2.75) is 12.5 Å². The van der Waals surface area contributed by atoms with E-state index in [1.54, 1.807) is 31.0 Å². The molecule has 0 aliphatic carbocycles. The van der Waals surface area contributed by atoms with Crippen molar-refractivity contribution in [1.29, 1.82) is 0 Å². The molecule has 122 valence electrons. The number of fused-ring (bicyclic) bond motifs is 1. The van der Waals surface area contributed by atoms with E-state index in [9.17, 15) is 5.11 Å². The number of phenolic OH excluding ortho intramolecular Hbond substituents is 1. The van der Waals surface area contributed by atoms with Crippen molar-refractivity contribution in [1.82, 2.24) is 4.90 Å². The topological polar surface area (TPSA) is 45.1 Å². The highest BCUT2D eigenvalue weighted by Gasteiger charge is 2.34. The van der Waals surface area contributed by atoms with Crippen LogP contribution in [0.25, 0.3) is 5.70 Å². The van der Waals surface area contributed by atoms with Crippen LogP contribution < -0.4 is 4.74 Å². The number of rotatable bonds is 4. The molecule has 2 aliphatic heterocycles. The molecular formula is C19H18N2O2S. The van der Waals surface area contributed by atoms with Gasteiger partial charge >= 0.3 is 0 Å². The molecule has 0 amide bonds. The molecule has 0 saturated heterocycles. The van der Waals surface area contributed by atoms with Crippen LogP contribution in [0.4, 0.5) is 0 Å². The van der Waals surface area contributed by atoms with Crippen molar-refractivity contribution >= 4 is 22.6 Å². The number of benzene rings is 2. The minimum Gasteiger partial charge on any atom is -0.508 e. The molecule has 24 heavy (non-hydrogen) atoms. The Morgan fingerprint density at radius 2 is 1.92 bits per heavy atom. The number of hydrogen-bond donors (Lipinski definition) is 1. The maximum atomic E-state index is 9.45.